The predicted octanol–water partition coefficient (Wildman–Crippen LogP) is 4.74. The second-order valence-corrected chi connectivity index (χ2v) is 24.6. The number of fused-ring (bicyclic) bond motifs is 2. The summed E-state index contributed by atoms with van der Waals surface area (Å²) in [6.07, 6.45) is 2.15. The molecule has 7 N–H and O–H groups in total. The second-order valence-electron chi connectivity index (χ2n) is 22.1. The van der Waals surface area contributed by atoms with Gasteiger partial charge in [0, 0.05) is 33.0 Å². The summed E-state index contributed by atoms with van der Waals surface area (Å²) in [6, 6.07) is 13.6. The summed E-state index contributed by atoms with van der Waals surface area (Å²) in [6.45, 7) is 15.0. The van der Waals surface area contributed by atoms with E-state index >= 15 is 0 Å². The van der Waals surface area contributed by atoms with E-state index in [4.69, 9.17) is 10.5 Å². The van der Waals surface area contributed by atoms with Gasteiger partial charge in [-0.2, -0.15) is 0 Å². The molecule has 6 rings (SSSR count). The van der Waals surface area contributed by atoms with E-state index in [9.17, 15) is 38.4 Å². The van der Waals surface area contributed by atoms with Crippen molar-refractivity contribution in [2.24, 2.45) is 16.6 Å². The number of rotatable bonds is 18. The van der Waals surface area contributed by atoms with E-state index < -0.39 is 70.7 Å². The molecule has 0 aromatic heterocycles. The van der Waals surface area contributed by atoms with Crippen LogP contribution in [0.3, 0.4) is 0 Å². The van der Waals surface area contributed by atoms with Crippen LogP contribution >= 0.6 is 23.5 Å². The third kappa shape index (κ3) is 14.5. The van der Waals surface area contributed by atoms with Crippen LogP contribution in [0.4, 0.5) is 4.79 Å². The standard InChI is InChI=1S/C53H77N9O9S2/c1-32(60(9)50(70)71-51(2,3)4)45(65)59-38-25-29-73-42-31-53(7,8)44(62(42)49(38)69)47(67)58-37(34-18-14-11-15-19-34)21-23-40(64)56-27-26-55-39(63)22-20-36(33-16-12-10-13-17-33)57-46(66)43-52(5,6)30-41-61(43)48(68)35(54)24-28-72-41/h10-19,32,35-38,41-44H,20-31,54H2,1-9H3,(H,55,63)(H,56,64)(H,57,66)(H,58,67)(H,59,65)/t32-,35-,36+,37+,38-,41-,42-,43+,44+/m0/s1. The first-order chi connectivity index (χ1) is 34.4. The van der Waals surface area contributed by atoms with Crippen LogP contribution < -0.4 is 32.3 Å². The van der Waals surface area contributed by atoms with Crippen LogP contribution in [0.2, 0.25) is 0 Å². The average Bonchev–Trinajstić information content (AvgIpc) is 3.66. The van der Waals surface area contributed by atoms with Gasteiger partial charge in [0.1, 0.15) is 29.8 Å². The molecule has 20 heteroatoms. The predicted molar refractivity (Wildman–Crippen MR) is 282 cm³/mol. The van der Waals surface area contributed by atoms with Crippen molar-refractivity contribution >= 4 is 71.0 Å². The Morgan fingerprint density at radius 3 is 1.62 bits per heavy atom. The highest BCUT2D eigenvalue weighted by Crippen LogP contribution is 2.48. The van der Waals surface area contributed by atoms with Gasteiger partial charge in [-0.05, 0) is 99.7 Å². The smallest absolute Gasteiger partial charge is 0.410 e. The number of carbonyl (C=O) groups excluding carboxylic acids is 8. The largest absolute Gasteiger partial charge is 0.444 e. The number of amides is 8. The van der Waals surface area contributed by atoms with Crippen molar-refractivity contribution in [3.63, 3.8) is 0 Å². The zero-order valence-corrected chi connectivity index (χ0v) is 45.5. The molecule has 8 amide bonds. The Balaban J connectivity index is 1.01. The first-order valence-electron chi connectivity index (χ1n) is 25.5. The van der Waals surface area contributed by atoms with Crippen molar-refractivity contribution in [1.29, 1.82) is 0 Å². The van der Waals surface area contributed by atoms with E-state index in [1.165, 1.54) is 11.9 Å². The highest BCUT2D eigenvalue weighted by Gasteiger charge is 2.56. The molecule has 0 unspecified atom stereocenters. The molecular weight excluding hydrogens is 971 g/mol. The van der Waals surface area contributed by atoms with E-state index in [-0.39, 0.29) is 78.5 Å². The number of hydrogen-bond donors (Lipinski definition) is 6. The molecule has 0 spiro atoms. The van der Waals surface area contributed by atoms with Gasteiger partial charge < -0.3 is 46.9 Å². The van der Waals surface area contributed by atoms with E-state index in [0.29, 0.717) is 37.9 Å². The van der Waals surface area contributed by atoms with E-state index in [0.717, 1.165) is 16.9 Å². The van der Waals surface area contributed by atoms with Crippen LogP contribution in [0.1, 0.15) is 130 Å². The molecule has 4 saturated heterocycles. The van der Waals surface area contributed by atoms with Crippen molar-refractivity contribution in [3.8, 4) is 0 Å². The van der Waals surface area contributed by atoms with Crippen LogP contribution in [0.5, 0.6) is 0 Å². The third-order valence-electron chi connectivity index (χ3n) is 14.2. The Kier molecular flexibility index (Phi) is 19.0. The van der Waals surface area contributed by atoms with Crippen molar-refractivity contribution in [2.75, 3.05) is 31.6 Å². The van der Waals surface area contributed by atoms with Crippen molar-refractivity contribution < 1.29 is 43.1 Å². The Morgan fingerprint density at radius 2 is 1.16 bits per heavy atom. The Labute approximate surface area is 438 Å². The van der Waals surface area contributed by atoms with Gasteiger partial charge in [0.15, 0.2) is 0 Å². The number of ether oxygens (including phenoxy) is 1. The summed E-state index contributed by atoms with van der Waals surface area (Å²) in [4.78, 5) is 114. The summed E-state index contributed by atoms with van der Waals surface area (Å²) in [5.74, 6) is -0.967. The molecule has 4 heterocycles. The molecular formula is C53H77N9O9S2. The van der Waals surface area contributed by atoms with Gasteiger partial charge in [-0.15, -0.1) is 23.5 Å². The number of hydrogen-bond acceptors (Lipinski definition) is 12. The second kappa shape index (κ2) is 24.3. The number of nitrogens with one attached hydrogen (secondary N) is 5. The van der Waals surface area contributed by atoms with Crippen LogP contribution in [-0.2, 0) is 38.3 Å². The molecule has 2 aromatic rings. The zero-order valence-electron chi connectivity index (χ0n) is 43.9. The maximum Gasteiger partial charge on any atom is 0.410 e. The molecule has 18 nitrogen and oxygen atoms in total. The summed E-state index contributed by atoms with van der Waals surface area (Å²) in [5.41, 5.74) is 5.97. The van der Waals surface area contributed by atoms with Crippen molar-refractivity contribution in [2.45, 2.75) is 165 Å². The summed E-state index contributed by atoms with van der Waals surface area (Å²) < 4.78 is 5.44. The SMILES string of the molecule is C[C@@H](C(=O)N[C@H]1CCS[C@H]2CC(C)(C)[C@@H](C(=O)N[C@H](CCC(=O)NCCNC(=O)CC[C@@H](NC(=O)[C@H]3N4C(=O)[C@@H](N)CCS[C@H]4CC3(C)C)c3ccccc3)c3ccccc3)N2C1=O)N(C)C(=O)OC(C)(C)C. The van der Waals surface area contributed by atoms with E-state index in [1.54, 1.807) is 61.0 Å². The van der Waals surface area contributed by atoms with E-state index in [1.807, 2.05) is 88.4 Å². The molecule has 2 aromatic carbocycles. The highest BCUT2D eigenvalue weighted by atomic mass is 32.2. The quantitative estimate of drug-likeness (QED) is 0.111. The molecule has 0 saturated carbocycles. The summed E-state index contributed by atoms with van der Waals surface area (Å²) in [5, 5.41) is 14.5. The van der Waals surface area contributed by atoms with Crippen LogP contribution in [0.25, 0.3) is 0 Å². The monoisotopic (exact) mass is 1050 g/mol. The summed E-state index contributed by atoms with van der Waals surface area (Å²) >= 11 is 3.24. The molecule has 0 bridgehead atoms. The summed E-state index contributed by atoms with van der Waals surface area (Å²) in [7, 11) is 1.47. The molecule has 4 fully saturated rings. The molecule has 0 aliphatic carbocycles. The van der Waals surface area contributed by atoms with Gasteiger partial charge >= 0.3 is 6.09 Å². The van der Waals surface area contributed by atoms with Crippen LogP contribution in [-0.4, -0.2) is 140 Å². The minimum atomic E-state index is -0.935. The lowest BCUT2D eigenvalue weighted by Gasteiger charge is -2.35. The minimum absolute atomic E-state index is 0.0532. The molecule has 9 atom stereocenters. The van der Waals surface area contributed by atoms with E-state index in [2.05, 4.69) is 26.6 Å². The van der Waals surface area contributed by atoms with Crippen molar-refractivity contribution in [1.82, 2.24) is 41.3 Å². The number of nitrogens with zero attached hydrogens (tertiary/aromatic N) is 3. The molecule has 73 heavy (non-hydrogen) atoms. The Morgan fingerprint density at radius 1 is 0.726 bits per heavy atom. The first kappa shape index (κ1) is 56.9. The zero-order chi connectivity index (χ0) is 53.4. The molecule has 4 aliphatic rings. The fraction of sp³-hybridized carbons (Fsp3) is 0.623. The van der Waals surface area contributed by atoms with Crippen LogP contribution in [0, 0.1) is 10.8 Å². The maximum atomic E-state index is 14.6. The lowest BCUT2D eigenvalue weighted by molar-refractivity contribution is -0.144. The number of benzene rings is 2. The third-order valence-corrected chi connectivity index (χ3v) is 16.7. The molecule has 4 aliphatic heterocycles. The first-order valence-corrected chi connectivity index (χ1v) is 27.6. The van der Waals surface area contributed by atoms with Crippen LogP contribution in [0.15, 0.2) is 60.7 Å². The minimum Gasteiger partial charge on any atom is -0.444 e. The lowest BCUT2D eigenvalue weighted by atomic mass is 9.83. The van der Waals surface area contributed by atoms with Gasteiger partial charge in [0.05, 0.1) is 28.9 Å². The Hall–Kier alpha value is -5.34. The van der Waals surface area contributed by atoms with Gasteiger partial charge in [-0.25, -0.2) is 4.79 Å². The van der Waals surface area contributed by atoms with Gasteiger partial charge in [-0.1, -0.05) is 88.4 Å². The number of nitrogens with two attached hydrogens (primary N) is 1. The molecule has 0 radical (unpaired) electrons. The normalized spacial score (nSPS) is 24.6. The Bertz CT molecular complexity index is 2320. The number of thioether (sulfide) groups is 2. The van der Waals surface area contributed by atoms with Crippen molar-refractivity contribution in [3.05, 3.63) is 71.8 Å². The maximum absolute atomic E-state index is 14.6. The number of likely N-dealkylation sites (N-methyl/N-ethyl adjacent to an activating group) is 1. The number of carbonyl (C=O) groups is 8. The fourth-order valence-corrected chi connectivity index (χ4v) is 13.4. The van der Waals surface area contributed by atoms with Gasteiger partial charge in [0.2, 0.25) is 41.4 Å². The fourth-order valence-electron chi connectivity index (χ4n) is 10.2. The molecule has 400 valence electrons. The van der Waals surface area contributed by atoms with Gasteiger partial charge in [-0.3, -0.25) is 38.5 Å². The highest BCUT2D eigenvalue weighted by molar-refractivity contribution is 8.00. The lowest BCUT2D eigenvalue weighted by Crippen LogP contribution is -2.58. The average molecular weight is 1050 g/mol. The topological polar surface area (TPSA) is 242 Å². The van der Waals surface area contributed by atoms with Gasteiger partial charge in [0.25, 0.3) is 0 Å².